The van der Waals surface area contributed by atoms with Crippen LogP contribution in [0.15, 0.2) is 24.3 Å². The Hall–Kier alpha value is -1.07. The molecule has 0 bridgehead atoms. The fourth-order valence-electron chi connectivity index (χ4n) is 2.73. The van der Waals surface area contributed by atoms with E-state index in [0.29, 0.717) is 12.1 Å². The fourth-order valence-corrected chi connectivity index (χ4v) is 2.73. The smallest absolute Gasteiger partial charge is 0.312 e. The van der Waals surface area contributed by atoms with Crippen molar-refractivity contribution >= 4 is 0 Å². The maximum Gasteiger partial charge on any atom is 0.416 e. The van der Waals surface area contributed by atoms with Crippen molar-refractivity contribution in [3.63, 3.8) is 0 Å². The first-order valence-corrected chi connectivity index (χ1v) is 7.49. The molecule has 1 aromatic rings. The summed E-state index contributed by atoms with van der Waals surface area (Å²) in [6, 6.07) is 6.49. The van der Waals surface area contributed by atoms with Crippen LogP contribution in [0.5, 0.6) is 0 Å². The van der Waals surface area contributed by atoms with E-state index in [9.17, 15) is 13.2 Å². The monoisotopic (exact) mass is 300 g/mol. The number of hydrogen-bond donors (Lipinski definition) is 1. The summed E-state index contributed by atoms with van der Waals surface area (Å²) >= 11 is 0. The Kier molecular flexibility index (Phi) is 5.27. The molecule has 2 nitrogen and oxygen atoms in total. The van der Waals surface area contributed by atoms with Crippen molar-refractivity contribution in [2.45, 2.75) is 51.5 Å². The van der Waals surface area contributed by atoms with E-state index < -0.39 is 11.7 Å². The molecular formula is C16H23F3N2. The molecule has 0 saturated carbocycles. The molecule has 1 aliphatic rings. The number of alkyl halides is 3. The highest BCUT2D eigenvalue weighted by molar-refractivity contribution is 5.24. The Morgan fingerprint density at radius 3 is 2.05 bits per heavy atom. The minimum atomic E-state index is -4.25. The highest BCUT2D eigenvalue weighted by Crippen LogP contribution is 2.29. The largest absolute Gasteiger partial charge is 0.416 e. The van der Waals surface area contributed by atoms with Gasteiger partial charge < -0.3 is 5.32 Å². The number of hydrogen-bond acceptors (Lipinski definition) is 2. The number of nitrogens with one attached hydrogen (secondary N) is 1. The molecule has 0 amide bonds. The molecular weight excluding hydrogens is 277 g/mol. The van der Waals surface area contributed by atoms with Gasteiger partial charge in [-0.15, -0.1) is 0 Å². The molecule has 2 atom stereocenters. The van der Waals surface area contributed by atoms with Crippen molar-refractivity contribution in [2.75, 3.05) is 13.1 Å². The standard InChI is InChI=1S/C16H23F3N2/c1-12-7-9-21(10-8-13(2)20-12)11-14-3-5-15(6-4-14)16(17,18)19/h3-6,12-13,20H,7-11H2,1-2H3. The third-order valence-corrected chi connectivity index (χ3v) is 4.01. The average molecular weight is 300 g/mol. The zero-order valence-corrected chi connectivity index (χ0v) is 12.6. The van der Waals surface area contributed by atoms with Gasteiger partial charge in [-0.3, -0.25) is 4.90 Å². The Morgan fingerprint density at radius 2 is 1.57 bits per heavy atom. The molecule has 2 rings (SSSR count). The summed E-state index contributed by atoms with van der Waals surface area (Å²) in [6.45, 7) is 7.03. The zero-order valence-electron chi connectivity index (χ0n) is 12.6. The summed E-state index contributed by atoms with van der Waals surface area (Å²) in [6.07, 6.45) is -2.13. The number of halogens is 3. The third kappa shape index (κ3) is 5.00. The van der Waals surface area contributed by atoms with E-state index in [-0.39, 0.29) is 0 Å². The van der Waals surface area contributed by atoms with E-state index in [1.165, 1.54) is 12.1 Å². The van der Waals surface area contributed by atoms with Crippen LogP contribution in [0.1, 0.15) is 37.8 Å². The average Bonchev–Trinajstić information content (AvgIpc) is 2.40. The fraction of sp³-hybridized carbons (Fsp3) is 0.625. The molecule has 0 radical (unpaired) electrons. The molecule has 1 N–H and O–H groups in total. The summed E-state index contributed by atoms with van der Waals surface area (Å²) in [5.41, 5.74) is 0.363. The summed E-state index contributed by atoms with van der Waals surface area (Å²) in [7, 11) is 0. The molecule has 1 aromatic carbocycles. The number of benzene rings is 1. The van der Waals surface area contributed by atoms with Gasteiger partial charge in [0.2, 0.25) is 0 Å². The lowest BCUT2D eigenvalue weighted by Crippen LogP contribution is -2.42. The topological polar surface area (TPSA) is 15.3 Å². The first-order chi connectivity index (χ1) is 9.84. The molecule has 1 saturated heterocycles. The zero-order chi connectivity index (χ0) is 15.5. The third-order valence-electron chi connectivity index (χ3n) is 4.01. The predicted molar refractivity (Wildman–Crippen MR) is 78.0 cm³/mol. The van der Waals surface area contributed by atoms with Gasteiger partial charge in [-0.2, -0.15) is 13.2 Å². The lowest BCUT2D eigenvalue weighted by atomic mass is 10.1. The van der Waals surface area contributed by atoms with E-state index in [1.54, 1.807) is 12.1 Å². The maximum absolute atomic E-state index is 12.5. The predicted octanol–water partition coefficient (Wildman–Crippen LogP) is 3.67. The van der Waals surface area contributed by atoms with Gasteiger partial charge in [-0.25, -0.2) is 0 Å². The molecule has 1 aliphatic heterocycles. The highest BCUT2D eigenvalue weighted by atomic mass is 19.4. The second-order valence-corrected chi connectivity index (χ2v) is 6.02. The van der Waals surface area contributed by atoms with Crippen LogP contribution in [0.3, 0.4) is 0 Å². The van der Waals surface area contributed by atoms with E-state index in [4.69, 9.17) is 0 Å². The Labute approximate surface area is 124 Å². The molecule has 5 heteroatoms. The molecule has 1 fully saturated rings. The number of rotatable bonds is 2. The van der Waals surface area contributed by atoms with E-state index in [1.807, 2.05) is 0 Å². The molecule has 0 spiro atoms. The normalized spacial score (nSPS) is 25.4. The Morgan fingerprint density at radius 1 is 1.05 bits per heavy atom. The van der Waals surface area contributed by atoms with Crippen molar-refractivity contribution < 1.29 is 13.2 Å². The van der Waals surface area contributed by atoms with Crippen LogP contribution in [0.2, 0.25) is 0 Å². The van der Waals surface area contributed by atoms with Crippen molar-refractivity contribution in [3.8, 4) is 0 Å². The Balaban J connectivity index is 1.96. The van der Waals surface area contributed by atoms with E-state index >= 15 is 0 Å². The van der Waals surface area contributed by atoms with Crippen LogP contribution in [0.25, 0.3) is 0 Å². The van der Waals surface area contributed by atoms with Crippen molar-refractivity contribution in [3.05, 3.63) is 35.4 Å². The van der Waals surface area contributed by atoms with Gasteiger partial charge in [-0.1, -0.05) is 12.1 Å². The van der Waals surface area contributed by atoms with Gasteiger partial charge in [0.1, 0.15) is 0 Å². The maximum atomic E-state index is 12.5. The summed E-state index contributed by atoms with van der Waals surface area (Å²) < 4.78 is 37.6. The van der Waals surface area contributed by atoms with Gasteiger partial charge in [0.05, 0.1) is 5.56 Å². The van der Waals surface area contributed by atoms with Crippen molar-refractivity contribution in [1.82, 2.24) is 10.2 Å². The van der Waals surface area contributed by atoms with Crippen LogP contribution >= 0.6 is 0 Å². The Bertz CT molecular complexity index is 430. The summed E-state index contributed by atoms with van der Waals surface area (Å²) in [4.78, 5) is 2.33. The SMILES string of the molecule is CC1CCN(Cc2ccc(C(F)(F)F)cc2)CCC(C)N1. The molecule has 0 aromatic heterocycles. The van der Waals surface area contributed by atoms with Gasteiger partial charge in [0, 0.05) is 18.6 Å². The molecule has 118 valence electrons. The van der Waals surface area contributed by atoms with Crippen LogP contribution in [0, 0.1) is 0 Å². The van der Waals surface area contributed by atoms with Gasteiger partial charge in [-0.05, 0) is 57.5 Å². The first-order valence-electron chi connectivity index (χ1n) is 7.49. The second kappa shape index (κ2) is 6.79. The minimum Gasteiger partial charge on any atom is -0.312 e. The number of nitrogens with zero attached hydrogens (tertiary/aromatic N) is 1. The van der Waals surface area contributed by atoms with Gasteiger partial charge >= 0.3 is 6.18 Å². The minimum absolute atomic E-state index is 0.482. The molecule has 2 unspecified atom stereocenters. The molecule has 21 heavy (non-hydrogen) atoms. The second-order valence-electron chi connectivity index (χ2n) is 6.02. The van der Waals surface area contributed by atoms with Crippen molar-refractivity contribution in [1.29, 1.82) is 0 Å². The molecule has 0 aliphatic carbocycles. The quantitative estimate of drug-likeness (QED) is 0.896. The van der Waals surface area contributed by atoms with Crippen LogP contribution in [0.4, 0.5) is 13.2 Å². The van der Waals surface area contributed by atoms with E-state index in [2.05, 4.69) is 24.1 Å². The first kappa shape index (κ1) is 16.3. The summed E-state index contributed by atoms with van der Waals surface area (Å²) in [5, 5.41) is 3.54. The summed E-state index contributed by atoms with van der Waals surface area (Å²) in [5.74, 6) is 0. The molecule has 1 heterocycles. The van der Waals surface area contributed by atoms with Gasteiger partial charge in [0.15, 0.2) is 0 Å². The van der Waals surface area contributed by atoms with Crippen LogP contribution < -0.4 is 5.32 Å². The van der Waals surface area contributed by atoms with Crippen molar-refractivity contribution in [2.24, 2.45) is 0 Å². The van der Waals surface area contributed by atoms with E-state index in [0.717, 1.165) is 38.0 Å². The van der Waals surface area contributed by atoms with Crippen LogP contribution in [-0.2, 0) is 12.7 Å². The van der Waals surface area contributed by atoms with Crippen LogP contribution in [-0.4, -0.2) is 30.1 Å². The lowest BCUT2D eigenvalue weighted by Gasteiger charge is -2.31. The highest BCUT2D eigenvalue weighted by Gasteiger charge is 2.30. The lowest BCUT2D eigenvalue weighted by molar-refractivity contribution is -0.137. The van der Waals surface area contributed by atoms with Gasteiger partial charge in [0.25, 0.3) is 0 Å².